The predicted molar refractivity (Wildman–Crippen MR) is 81.9 cm³/mol. The number of carbonyl (C=O) groups excluding carboxylic acids is 2. The van der Waals surface area contributed by atoms with Crippen LogP contribution in [0.2, 0.25) is 0 Å². The Morgan fingerprint density at radius 1 is 1.30 bits per heavy atom. The lowest BCUT2D eigenvalue weighted by Gasteiger charge is -2.24. The van der Waals surface area contributed by atoms with Crippen molar-refractivity contribution >= 4 is 12.2 Å². The first-order chi connectivity index (χ1) is 11.2. The quantitative estimate of drug-likeness (QED) is 0.873. The normalized spacial score (nSPS) is 21.7. The summed E-state index contributed by atoms with van der Waals surface area (Å²) in [5.74, 6) is -0.159. The van der Waals surface area contributed by atoms with Crippen molar-refractivity contribution in [3.63, 3.8) is 0 Å². The SMILES string of the molecule is NC(=O)c1nc(-c2cccc(C=O)c2)nc2c1[C@H]1CC[C@@H](C2)O1. The van der Waals surface area contributed by atoms with Gasteiger partial charge < -0.3 is 10.5 Å². The van der Waals surface area contributed by atoms with Crippen LogP contribution in [0, 0.1) is 0 Å². The number of ether oxygens (including phenoxy) is 1. The second kappa shape index (κ2) is 5.24. The summed E-state index contributed by atoms with van der Waals surface area (Å²) in [5, 5.41) is 0. The van der Waals surface area contributed by atoms with Crippen LogP contribution in [0.3, 0.4) is 0 Å². The average Bonchev–Trinajstić information content (AvgIpc) is 2.95. The number of hydrogen-bond donors (Lipinski definition) is 1. The lowest BCUT2D eigenvalue weighted by molar-refractivity contribution is 0.0300. The molecule has 2 aromatic rings. The molecule has 0 aliphatic carbocycles. The van der Waals surface area contributed by atoms with Crippen LogP contribution >= 0.6 is 0 Å². The molecular formula is C17H15N3O3. The third-order valence-corrected chi connectivity index (χ3v) is 4.39. The lowest BCUT2D eigenvalue weighted by Crippen LogP contribution is -2.26. The van der Waals surface area contributed by atoms with E-state index in [4.69, 9.17) is 10.5 Å². The molecule has 3 heterocycles. The van der Waals surface area contributed by atoms with Gasteiger partial charge in [-0.15, -0.1) is 0 Å². The molecular weight excluding hydrogens is 294 g/mol. The molecule has 4 rings (SSSR count). The number of aldehydes is 1. The molecule has 2 atom stereocenters. The van der Waals surface area contributed by atoms with Gasteiger partial charge in [0.25, 0.3) is 5.91 Å². The molecule has 1 saturated heterocycles. The second-order valence-corrected chi connectivity index (χ2v) is 5.89. The lowest BCUT2D eigenvalue weighted by atomic mass is 10.0. The van der Waals surface area contributed by atoms with Crippen LogP contribution in [-0.2, 0) is 11.2 Å². The maximum Gasteiger partial charge on any atom is 0.267 e. The van der Waals surface area contributed by atoms with Crippen molar-refractivity contribution < 1.29 is 14.3 Å². The van der Waals surface area contributed by atoms with E-state index in [2.05, 4.69) is 9.97 Å². The van der Waals surface area contributed by atoms with Gasteiger partial charge in [0.2, 0.25) is 0 Å². The highest BCUT2D eigenvalue weighted by Gasteiger charge is 2.38. The maximum atomic E-state index is 11.9. The minimum atomic E-state index is -0.578. The summed E-state index contributed by atoms with van der Waals surface area (Å²) in [6.45, 7) is 0. The Balaban J connectivity index is 1.89. The van der Waals surface area contributed by atoms with Crippen LogP contribution < -0.4 is 5.73 Å². The predicted octanol–water partition coefficient (Wildman–Crippen LogP) is 1.83. The standard InChI is InChI=1S/C17H15N3O3/c18-16(22)15-14-12(7-11-4-5-13(14)23-11)19-17(20-15)10-3-1-2-9(6-10)8-21/h1-3,6,8,11,13H,4-5,7H2,(H2,18,22)/t11-,13+/m0/s1. The Hall–Kier alpha value is -2.60. The highest BCUT2D eigenvalue weighted by atomic mass is 16.5. The highest BCUT2D eigenvalue weighted by molar-refractivity contribution is 5.93. The molecule has 6 heteroatoms. The maximum absolute atomic E-state index is 11.9. The van der Waals surface area contributed by atoms with Gasteiger partial charge in [0.05, 0.1) is 17.9 Å². The Kier molecular flexibility index (Phi) is 3.20. The Bertz CT molecular complexity index is 819. The van der Waals surface area contributed by atoms with E-state index >= 15 is 0 Å². The molecule has 116 valence electrons. The van der Waals surface area contributed by atoms with Gasteiger partial charge in [0.15, 0.2) is 5.82 Å². The number of fused-ring (bicyclic) bond motifs is 4. The van der Waals surface area contributed by atoms with Crippen molar-refractivity contribution in [2.45, 2.75) is 31.5 Å². The number of hydrogen-bond acceptors (Lipinski definition) is 5. The van der Waals surface area contributed by atoms with Gasteiger partial charge in [0.1, 0.15) is 12.0 Å². The zero-order valence-electron chi connectivity index (χ0n) is 12.4. The fourth-order valence-electron chi connectivity index (χ4n) is 3.36. The Morgan fingerprint density at radius 3 is 2.96 bits per heavy atom. The van der Waals surface area contributed by atoms with Gasteiger partial charge in [-0.25, -0.2) is 9.97 Å². The van der Waals surface area contributed by atoms with E-state index in [0.29, 0.717) is 23.4 Å². The van der Waals surface area contributed by atoms with E-state index in [1.807, 2.05) is 6.07 Å². The van der Waals surface area contributed by atoms with Crippen LogP contribution in [-0.4, -0.2) is 28.3 Å². The summed E-state index contributed by atoms with van der Waals surface area (Å²) >= 11 is 0. The molecule has 2 aliphatic rings. The Morgan fingerprint density at radius 2 is 2.17 bits per heavy atom. The van der Waals surface area contributed by atoms with Crippen molar-refractivity contribution in [1.82, 2.24) is 9.97 Å². The number of benzene rings is 1. The fraction of sp³-hybridized carbons (Fsp3) is 0.294. The molecule has 0 saturated carbocycles. The monoisotopic (exact) mass is 309 g/mol. The number of carbonyl (C=O) groups is 2. The molecule has 1 amide bonds. The van der Waals surface area contributed by atoms with E-state index in [1.165, 1.54) is 0 Å². The minimum Gasteiger partial charge on any atom is -0.370 e. The first-order valence-electron chi connectivity index (χ1n) is 7.57. The van der Waals surface area contributed by atoms with Gasteiger partial charge in [0, 0.05) is 23.1 Å². The second-order valence-electron chi connectivity index (χ2n) is 5.89. The van der Waals surface area contributed by atoms with E-state index in [-0.39, 0.29) is 17.9 Å². The highest BCUT2D eigenvalue weighted by Crippen LogP contribution is 2.42. The largest absolute Gasteiger partial charge is 0.370 e. The van der Waals surface area contributed by atoms with Crippen LogP contribution in [0.1, 0.15) is 51.0 Å². The molecule has 2 bridgehead atoms. The first kappa shape index (κ1) is 14.0. The van der Waals surface area contributed by atoms with Crippen LogP contribution in [0.4, 0.5) is 0 Å². The summed E-state index contributed by atoms with van der Waals surface area (Å²) in [6.07, 6.45) is 3.26. The van der Waals surface area contributed by atoms with Crippen molar-refractivity contribution in [2.24, 2.45) is 5.73 Å². The molecule has 0 spiro atoms. The van der Waals surface area contributed by atoms with Crippen molar-refractivity contribution in [3.8, 4) is 11.4 Å². The summed E-state index contributed by atoms with van der Waals surface area (Å²) in [5.41, 5.74) is 8.56. The van der Waals surface area contributed by atoms with Crippen LogP contribution in [0.5, 0.6) is 0 Å². The smallest absolute Gasteiger partial charge is 0.267 e. The fourth-order valence-corrected chi connectivity index (χ4v) is 3.36. The van der Waals surface area contributed by atoms with E-state index in [0.717, 1.165) is 30.4 Å². The molecule has 2 N–H and O–H groups in total. The summed E-state index contributed by atoms with van der Waals surface area (Å²) in [4.78, 5) is 31.8. The molecule has 1 fully saturated rings. The molecule has 0 radical (unpaired) electrons. The topological polar surface area (TPSA) is 95.2 Å². The van der Waals surface area contributed by atoms with E-state index in [1.54, 1.807) is 18.2 Å². The molecule has 1 aromatic carbocycles. The molecule has 1 aromatic heterocycles. The molecule has 23 heavy (non-hydrogen) atoms. The average molecular weight is 309 g/mol. The minimum absolute atomic E-state index is 0.137. The first-order valence-corrected chi connectivity index (χ1v) is 7.57. The van der Waals surface area contributed by atoms with Gasteiger partial charge >= 0.3 is 0 Å². The molecule has 6 nitrogen and oxygen atoms in total. The number of amides is 1. The summed E-state index contributed by atoms with van der Waals surface area (Å²) in [6, 6.07) is 6.98. The number of aromatic nitrogens is 2. The third kappa shape index (κ3) is 2.31. The Labute approximate surface area is 132 Å². The summed E-state index contributed by atoms with van der Waals surface area (Å²) < 4.78 is 5.86. The van der Waals surface area contributed by atoms with Crippen LogP contribution in [0.25, 0.3) is 11.4 Å². The summed E-state index contributed by atoms with van der Waals surface area (Å²) in [7, 11) is 0. The van der Waals surface area contributed by atoms with Crippen molar-refractivity contribution in [1.29, 1.82) is 0 Å². The number of nitrogens with two attached hydrogens (primary N) is 1. The van der Waals surface area contributed by atoms with Gasteiger partial charge in [-0.1, -0.05) is 18.2 Å². The van der Waals surface area contributed by atoms with E-state index in [9.17, 15) is 9.59 Å². The van der Waals surface area contributed by atoms with Crippen molar-refractivity contribution in [3.05, 3.63) is 46.8 Å². The molecule has 0 unspecified atom stereocenters. The number of primary amides is 1. The zero-order chi connectivity index (χ0) is 16.0. The van der Waals surface area contributed by atoms with Crippen LogP contribution in [0.15, 0.2) is 24.3 Å². The van der Waals surface area contributed by atoms with Gasteiger partial charge in [-0.2, -0.15) is 0 Å². The zero-order valence-corrected chi connectivity index (χ0v) is 12.4. The number of nitrogens with zero attached hydrogens (tertiary/aromatic N) is 2. The third-order valence-electron chi connectivity index (χ3n) is 4.39. The van der Waals surface area contributed by atoms with E-state index < -0.39 is 5.91 Å². The van der Waals surface area contributed by atoms with Gasteiger partial charge in [-0.3, -0.25) is 9.59 Å². The van der Waals surface area contributed by atoms with Crippen molar-refractivity contribution in [2.75, 3.05) is 0 Å². The molecule has 2 aliphatic heterocycles. The van der Waals surface area contributed by atoms with Gasteiger partial charge in [-0.05, 0) is 18.9 Å². The number of rotatable bonds is 3.